The number of carbonyl (C=O) groups excluding carboxylic acids is 6. The summed E-state index contributed by atoms with van der Waals surface area (Å²) >= 11 is 5.86. The minimum atomic E-state index is -1.64. The standard InChI is InChI=1S/C24H29ClN2O12/c1-11(28)34-10-18(35-12(2)29)20-22(37-14(4)31)21(36-13(3)30)19(23(39-20)38-15(5)32)27-24(33)26-17-8-6-16(25)7-9-17/h6-9,18-23H,10H2,1-5H3,(H2,26,27,33)/t18-,19+,20+,21+,22+,23+/m1/s1. The average molecular weight is 573 g/mol. The highest BCUT2D eigenvalue weighted by molar-refractivity contribution is 6.30. The van der Waals surface area contributed by atoms with E-state index in [1.807, 2.05) is 0 Å². The van der Waals surface area contributed by atoms with E-state index in [1.165, 1.54) is 24.3 Å². The zero-order valence-electron chi connectivity index (χ0n) is 21.8. The van der Waals surface area contributed by atoms with Crippen LogP contribution >= 0.6 is 11.6 Å². The number of halogens is 1. The summed E-state index contributed by atoms with van der Waals surface area (Å²) in [6.45, 7) is 4.81. The summed E-state index contributed by atoms with van der Waals surface area (Å²) in [4.78, 5) is 72.2. The summed E-state index contributed by atoms with van der Waals surface area (Å²) in [6.07, 6.45) is -7.59. The first-order valence-corrected chi connectivity index (χ1v) is 12.0. The molecule has 1 aromatic carbocycles. The molecule has 0 radical (unpaired) electrons. The maximum Gasteiger partial charge on any atom is 0.319 e. The molecule has 0 unspecified atom stereocenters. The van der Waals surface area contributed by atoms with E-state index in [2.05, 4.69) is 10.6 Å². The Bertz CT molecular complexity index is 1080. The van der Waals surface area contributed by atoms with Gasteiger partial charge in [-0.1, -0.05) is 11.6 Å². The lowest BCUT2D eigenvalue weighted by Gasteiger charge is -2.46. The second-order valence-electron chi connectivity index (χ2n) is 8.31. The monoisotopic (exact) mass is 572 g/mol. The Morgan fingerprint density at radius 3 is 1.90 bits per heavy atom. The molecule has 15 heteroatoms. The molecule has 1 saturated heterocycles. The number of benzene rings is 1. The number of esters is 5. The third-order valence-electron chi connectivity index (χ3n) is 5.01. The third kappa shape index (κ3) is 10.1. The Labute approximate surface area is 228 Å². The number of amides is 2. The number of hydrogen-bond donors (Lipinski definition) is 2. The zero-order chi connectivity index (χ0) is 29.3. The van der Waals surface area contributed by atoms with E-state index >= 15 is 0 Å². The van der Waals surface area contributed by atoms with Gasteiger partial charge in [0.2, 0.25) is 6.29 Å². The van der Waals surface area contributed by atoms with E-state index in [4.69, 9.17) is 40.0 Å². The van der Waals surface area contributed by atoms with Gasteiger partial charge in [0.15, 0.2) is 18.3 Å². The Kier molecular flexibility index (Phi) is 11.5. The highest BCUT2D eigenvalue weighted by Crippen LogP contribution is 2.31. The first kappa shape index (κ1) is 31.3. The molecule has 2 amide bonds. The van der Waals surface area contributed by atoms with Gasteiger partial charge in [0.05, 0.1) is 0 Å². The molecule has 1 aliphatic heterocycles. The zero-order valence-corrected chi connectivity index (χ0v) is 22.5. The topological polar surface area (TPSA) is 182 Å². The van der Waals surface area contributed by atoms with Gasteiger partial charge in [-0.15, -0.1) is 0 Å². The van der Waals surface area contributed by atoms with Crippen LogP contribution in [-0.2, 0) is 52.4 Å². The minimum absolute atomic E-state index is 0.340. The molecule has 0 aromatic heterocycles. The van der Waals surface area contributed by atoms with Crippen molar-refractivity contribution < 1.29 is 57.2 Å². The number of carbonyl (C=O) groups is 6. The van der Waals surface area contributed by atoms with Crippen molar-refractivity contribution >= 4 is 53.2 Å². The number of nitrogens with one attached hydrogen (secondary N) is 2. The normalized spacial score (nSPS) is 22.9. The Hall–Kier alpha value is -3.91. The first-order chi connectivity index (χ1) is 18.3. The summed E-state index contributed by atoms with van der Waals surface area (Å²) < 4.78 is 32.1. The van der Waals surface area contributed by atoms with E-state index in [9.17, 15) is 28.8 Å². The van der Waals surface area contributed by atoms with Crippen LogP contribution in [0, 0.1) is 0 Å². The fourth-order valence-electron chi connectivity index (χ4n) is 3.70. The van der Waals surface area contributed by atoms with Crippen molar-refractivity contribution in [2.75, 3.05) is 11.9 Å². The second kappa shape index (κ2) is 14.3. The molecule has 39 heavy (non-hydrogen) atoms. The molecule has 1 heterocycles. The summed E-state index contributed by atoms with van der Waals surface area (Å²) in [7, 11) is 0. The molecule has 0 bridgehead atoms. The van der Waals surface area contributed by atoms with E-state index < -0.39 is 79.2 Å². The van der Waals surface area contributed by atoms with Crippen molar-refractivity contribution in [3.8, 4) is 0 Å². The summed E-state index contributed by atoms with van der Waals surface area (Å²) in [5.41, 5.74) is 0.340. The van der Waals surface area contributed by atoms with Crippen LogP contribution in [0.2, 0.25) is 5.02 Å². The van der Waals surface area contributed by atoms with Gasteiger partial charge in [0.1, 0.15) is 18.8 Å². The van der Waals surface area contributed by atoms with E-state index in [0.717, 1.165) is 34.6 Å². The van der Waals surface area contributed by atoms with E-state index in [0.29, 0.717) is 10.7 Å². The molecule has 1 fully saturated rings. The number of ether oxygens (including phenoxy) is 6. The van der Waals surface area contributed by atoms with Crippen LogP contribution in [0.5, 0.6) is 0 Å². The number of urea groups is 1. The van der Waals surface area contributed by atoms with Gasteiger partial charge >= 0.3 is 35.9 Å². The SMILES string of the molecule is CC(=O)OC[C@@H](OC(C)=O)[C@@H]1O[C@H](OC(C)=O)[C@@H](NC(=O)Nc2ccc(Cl)cc2)[C@H](OC(C)=O)[C@H]1OC(C)=O. The van der Waals surface area contributed by atoms with Gasteiger partial charge < -0.3 is 39.1 Å². The predicted octanol–water partition coefficient (Wildman–Crippen LogP) is 1.48. The van der Waals surface area contributed by atoms with Crippen LogP contribution < -0.4 is 10.6 Å². The molecule has 0 aliphatic carbocycles. The van der Waals surface area contributed by atoms with Crippen LogP contribution in [0.3, 0.4) is 0 Å². The maximum absolute atomic E-state index is 12.9. The maximum atomic E-state index is 12.9. The van der Waals surface area contributed by atoms with Crippen molar-refractivity contribution in [1.82, 2.24) is 5.32 Å². The smallest absolute Gasteiger partial charge is 0.319 e. The largest absolute Gasteiger partial charge is 0.462 e. The molecule has 214 valence electrons. The molecule has 0 spiro atoms. The number of anilines is 1. The number of hydrogen-bond acceptors (Lipinski definition) is 12. The van der Waals surface area contributed by atoms with Gasteiger partial charge in [-0.2, -0.15) is 0 Å². The van der Waals surface area contributed by atoms with Gasteiger partial charge in [0.25, 0.3) is 0 Å². The van der Waals surface area contributed by atoms with Gasteiger partial charge in [-0.25, -0.2) is 4.79 Å². The third-order valence-corrected chi connectivity index (χ3v) is 5.26. The fraction of sp³-hybridized carbons (Fsp3) is 0.500. The van der Waals surface area contributed by atoms with Crippen molar-refractivity contribution in [1.29, 1.82) is 0 Å². The van der Waals surface area contributed by atoms with Crippen LogP contribution in [0.1, 0.15) is 34.6 Å². The Morgan fingerprint density at radius 1 is 0.821 bits per heavy atom. The molecule has 1 aliphatic rings. The van der Waals surface area contributed by atoms with Crippen molar-refractivity contribution in [2.24, 2.45) is 0 Å². The Morgan fingerprint density at radius 2 is 1.38 bits per heavy atom. The van der Waals surface area contributed by atoms with Crippen molar-refractivity contribution in [2.45, 2.75) is 71.4 Å². The van der Waals surface area contributed by atoms with Gasteiger partial charge in [0, 0.05) is 45.3 Å². The van der Waals surface area contributed by atoms with Crippen LogP contribution in [0.4, 0.5) is 10.5 Å². The summed E-state index contributed by atoms with van der Waals surface area (Å²) in [6, 6.07) is 3.83. The summed E-state index contributed by atoms with van der Waals surface area (Å²) in [5.74, 6) is -4.09. The molecule has 6 atom stereocenters. The van der Waals surface area contributed by atoms with Crippen LogP contribution in [0.25, 0.3) is 0 Å². The lowest BCUT2D eigenvalue weighted by molar-refractivity contribution is -0.282. The van der Waals surface area contributed by atoms with Gasteiger partial charge in [-0.05, 0) is 24.3 Å². The van der Waals surface area contributed by atoms with E-state index in [-0.39, 0.29) is 0 Å². The quantitative estimate of drug-likeness (QED) is 0.321. The predicted molar refractivity (Wildman–Crippen MR) is 131 cm³/mol. The second-order valence-corrected chi connectivity index (χ2v) is 8.74. The number of rotatable bonds is 9. The molecular formula is C24H29ClN2O12. The average Bonchev–Trinajstić information content (AvgIpc) is 2.80. The van der Waals surface area contributed by atoms with Crippen molar-refractivity contribution in [3.63, 3.8) is 0 Å². The molecular weight excluding hydrogens is 544 g/mol. The van der Waals surface area contributed by atoms with Crippen LogP contribution in [-0.4, -0.2) is 79.2 Å². The highest BCUT2D eigenvalue weighted by atomic mass is 35.5. The van der Waals surface area contributed by atoms with Gasteiger partial charge in [-0.3, -0.25) is 24.0 Å². The Balaban J connectivity index is 2.51. The van der Waals surface area contributed by atoms with Crippen LogP contribution in [0.15, 0.2) is 24.3 Å². The molecule has 2 rings (SSSR count). The molecule has 14 nitrogen and oxygen atoms in total. The minimum Gasteiger partial charge on any atom is -0.462 e. The molecule has 2 N–H and O–H groups in total. The van der Waals surface area contributed by atoms with Crippen molar-refractivity contribution in [3.05, 3.63) is 29.3 Å². The highest BCUT2D eigenvalue weighted by Gasteiger charge is 2.55. The fourth-order valence-corrected chi connectivity index (χ4v) is 3.82. The lowest BCUT2D eigenvalue weighted by Crippen LogP contribution is -2.69. The summed E-state index contributed by atoms with van der Waals surface area (Å²) in [5, 5.41) is 5.46. The molecule has 1 aromatic rings. The molecule has 0 saturated carbocycles. The van der Waals surface area contributed by atoms with E-state index in [1.54, 1.807) is 0 Å². The lowest BCUT2D eigenvalue weighted by atomic mass is 9.93. The first-order valence-electron chi connectivity index (χ1n) is 11.6.